The van der Waals surface area contributed by atoms with Gasteiger partial charge in [-0.1, -0.05) is 30.3 Å². The smallest absolute Gasteiger partial charge is 0.327 e. The fourth-order valence-electron chi connectivity index (χ4n) is 1.81. The van der Waals surface area contributed by atoms with Crippen LogP contribution < -0.4 is 5.32 Å². The number of carbonyl (C=O) groups excluding carboxylic acids is 1. The molecule has 1 aromatic carbocycles. The number of nitrogens with one attached hydrogen (secondary N) is 1. The van der Waals surface area contributed by atoms with E-state index in [0.717, 1.165) is 5.56 Å². The Balaban J connectivity index is 2.72. The van der Waals surface area contributed by atoms with Crippen molar-refractivity contribution in [2.24, 2.45) is 0 Å². The molecule has 0 fully saturated rings. The predicted octanol–water partition coefficient (Wildman–Crippen LogP) is 0.221. The minimum atomic E-state index is -4.53. The quantitative estimate of drug-likeness (QED) is 0.581. The highest BCUT2D eigenvalue weighted by Gasteiger charge is 2.26. The van der Waals surface area contributed by atoms with E-state index in [1.54, 1.807) is 30.3 Å². The molecule has 0 spiro atoms. The number of rotatable bonds is 8. The molecule has 3 N–H and O–H groups in total. The Labute approximate surface area is 127 Å². The molecule has 0 aliphatic heterocycles. The van der Waals surface area contributed by atoms with Gasteiger partial charge in [-0.05, 0) is 5.56 Å². The molecule has 1 unspecified atom stereocenters. The lowest BCUT2D eigenvalue weighted by atomic mass is 10.1. The number of benzene rings is 1. The summed E-state index contributed by atoms with van der Waals surface area (Å²) < 4.78 is 35.4. The lowest BCUT2D eigenvalue weighted by molar-refractivity contribution is -0.141. The zero-order valence-electron chi connectivity index (χ0n) is 11.8. The lowest BCUT2D eigenvalue weighted by Crippen LogP contribution is -2.45. The summed E-state index contributed by atoms with van der Waals surface area (Å²) in [6.07, 6.45) is -0.781. The first-order valence-corrected chi connectivity index (χ1v) is 7.89. The van der Waals surface area contributed by atoms with Crippen molar-refractivity contribution in [3.05, 3.63) is 35.9 Å². The van der Waals surface area contributed by atoms with Crippen LogP contribution in [-0.2, 0) is 24.4 Å². The molecule has 122 valence electrons. The molecular formula is C13H17NO7S. The van der Waals surface area contributed by atoms with Gasteiger partial charge in [0.1, 0.15) is 11.8 Å². The molecule has 2 atom stereocenters. The summed E-state index contributed by atoms with van der Waals surface area (Å²) in [5, 5.41) is 10.9. The molecule has 1 rings (SSSR count). The molecule has 22 heavy (non-hydrogen) atoms. The fourth-order valence-corrected chi connectivity index (χ4v) is 2.46. The first-order chi connectivity index (χ1) is 10.2. The largest absolute Gasteiger partial charge is 0.480 e. The third kappa shape index (κ3) is 6.20. The van der Waals surface area contributed by atoms with Crippen LogP contribution in [0, 0.1) is 0 Å². The average molecular weight is 331 g/mol. The highest BCUT2D eigenvalue weighted by molar-refractivity contribution is 7.85. The van der Waals surface area contributed by atoms with Gasteiger partial charge in [-0.2, -0.15) is 8.42 Å². The van der Waals surface area contributed by atoms with Crippen molar-refractivity contribution in [1.29, 1.82) is 0 Å². The predicted molar refractivity (Wildman–Crippen MR) is 76.8 cm³/mol. The Kier molecular flexibility index (Phi) is 6.47. The van der Waals surface area contributed by atoms with Gasteiger partial charge in [-0.3, -0.25) is 9.35 Å². The van der Waals surface area contributed by atoms with Crippen molar-refractivity contribution in [2.75, 3.05) is 12.9 Å². The Morgan fingerprint density at radius 2 is 1.86 bits per heavy atom. The molecule has 0 aromatic heterocycles. The molecule has 0 saturated carbocycles. The summed E-state index contributed by atoms with van der Waals surface area (Å²) in [7, 11) is -3.13. The third-order valence-corrected chi connectivity index (χ3v) is 3.59. The highest BCUT2D eigenvalue weighted by Crippen LogP contribution is 2.19. The van der Waals surface area contributed by atoms with E-state index >= 15 is 0 Å². The van der Waals surface area contributed by atoms with Gasteiger partial charge in [-0.15, -0.1) is 0 Å². The van der Waals surface area contributed by atoms with Crippen LogP contribution in [0.1, 0.15) is 18.1 Å². The monoisotopic (exact) mass is 331 g/mol. The molecule has 8 nitrogen and oxygen atoms in total. The van der Waals surface area contributed by atoms with Gasteiger partial charge >= 0.3 is 5.97 Å². The van der Waals surface area contributed by atoms with Crippen LogP contribution >= 0.6 is 0 Å². The van der Waals surface area contributed by atoms with E-state index in [1.165, 1.54) is 7.11 Å². The summed E-state index contributed by atoms with van der Waals surface area (Å²) in [6, 6.07) is 7.08. The van der Waals surface area contributed by atoms with Crippen molar-refractivity contribution in [2.45, 2.75) is 18.6 Å². The summed E-state index contributed by atoms with van der Waals surface area (Å²) in [5.41, 5.74) is 0.724. The van der Waals surface area contributed by atoms with E-state index in [9.17, 15) is 18.0 Å². The number of carboxylic acids is 1. The van der Waals surface area contributed by atoms with Crippen molar-refractivity contribution in [1.82, 2.24) is 5.32 Å². The van der Waals surface area contributed by atoms with Crippen molar-refractivity contribution < 1.29 is 32.4 Å². The van der Waals surface area contributed by atoms with Gasteiger partial charge in [0.15, 0.2) is 0 Å². The molecule has 9 heteroatoms. The van der Waals surface area contributed by atoms with E-state index in [0.29, 0.717) is 0 Å². The van der Waals surface area contributed by atoms with Crippen LogP contribution in [0.4, 0.5) is 0 Å². The fraction of sp³-hybridized carbons (Fsp3) is 0.385. The van der Waals surface area contributed by atoms with Gasteiger partial charge in [0.2, 0.25) is 5.91 Å². The zero-order valence-corrected chi connectivity index (χ0v) is 12.6. The molecular weight excluding hydrogens is 314 g/mol. The molecule has 0 heterocycles. The number of amides is 1. The molecule has 0 aliphatic carbocycles. The van der Waals surface area contributed by atoms with Crippen LogP contribution in [0.2, 0.25) is 0 Å². The minimum Gasteiger partial charge on any atom is -0.480 e. The first-order valence-electron chi connectivity index (χ1n) is 6.28. The normalized spacial score (nSPS) is 14.1. The number of hydrogen-bond donors (Lipinski definition) is 3. The van der Waals surface area contributed by atoms with E-state index in [1.807, 2.05) is 5.32 Å². The maximum absolute atomic E-state index is 11.9. The highest BCUT2D eigenvalue weighted by atomic mass is 32.2. The third-order valence-electron chi connectivity index (χ3n) is 2.84. The molecule has 1 amide bonds. The van der Waals surface area contributed by atoms with Crippen LogP contribution in [0.15, 0.2) is 30.3 Å². The van der Waals surface area contributed by atoms with Gasteiger partial charge in [-0.25, -0.2) is 4.79 Å². The van der Waals surface area contributed by atoms with Crippen LogP contribution in [0.3, 0.4) is 0 Å². The van der Waals surface area contributed by atoms with Crippen LogP contribution in [0.5, 0.6) is 0 Å². The van der Waals surface area contributed by atoms with Crippen LogP contribution in [-0.4, -0.2) is 48.9 Å². The van der Waals surface area contributed by atoms with Gasteiger partial charge in [0, 0.05) is 7.11 Å². The van der Waals surface area contributed by atoms with Gasteiger partial charge in [0.05, 0.1) is 12.5 Å². The number of aliphatic carboxylic acids is 1. The number of carbonyl (C=O) groups is 2. The maximum Gasteiger partial charge on any atom is 0.327 e. The van der Waals surface area contributed by atoms with Crippen molar-refractivity contribution in [3.63, 3.8) is 0 Å². The molecule has 0 aliphatic rings. The second-order valence-electron chi connectivity index (χ2n) is 4.55. The molecule has 0 saturated heterocycles. The van der Waals surface area contributed by atoms with E-state index in [4.69, 9.17) is 14.4 Å². The minimum absolute atomic E-state index is 0.185. The molecule has 1 aromatic rings. The van der Waals surface area contributed by atoms with Gasteiger partial charge in [0.25, 0.3) is 10.1 Å². The number of methoxy groups -OCH3 is 1. The second-order valence-corrected chi connectivity index (χ2v) is 6.04. The first kappa shape index (κ1) is 18.1. The van der Waals surface area contributed by atoms with Crippen molar-refractivity contribution >= 4 is 22.0 Å². The van der Waals surface area contributed by atoms with E-state index < -0.39 is 39.9 Å². The Morgan fingerprint density at radius 3 is 2.32 bits per heavy atom. The average Bonchev–Trinajstić information content (AvgIpc) is 2.43. The number of carboxylic acid groups (broad SMARTS) is 1. The lowest BCUT2D eigenvalue weighted by Gasteiger charge is -2.17. The van der Waals surface area contributed by atoms with E-state index in [-0.39, 0.29) is 6.42 Å². The number of hydrogen-bond acceptors (Lipinski definition) is 5. The summed E-state index contributed by atoms with van der Waals surface area (Å²) in [5.74, 6) is -3.36. The maximum atomic E-state index is 11.9. The standard InChI is InChI=1S/C13H17NO7S/c1-21-11(9-5-3-2-4-6-9)7-12(15)14-10(13(16)17)8-22(18,19)20/h2-6,10-11H,7-8H2,1H3,(H,14,15)(H,16,17)(H,18,19,20)/t10-,11?/m0/s1. The Bertz CT molecular complexity index is 615. The molecule has 0 radical (unpaired) electrons. The Hall–Kier alpha value is -1.97. The SMILES string of the molecule is COC(CC(=O)N[C@@H](CS(=O)(=O)O)C(=O)O)c1ccccc1. The van der Waals surface area contributed by atoms with Crippen LogP contribution in [0.25, 0.3) is 0 Å². The van der Waals surface area contributed by atoms with Crippen molar-refractivity contribution in [3.8, 4) is 0 Å². The van der Waals surface area contributed by atoms with E-state index in [2.05, 4.69) is 0 Å². The molecule has 0 bridgehead atoms. The zero-order chi connectivity index (χ0) is 16.8. The summed E-state index contributed by atoms with van der Waals surface area (Å²) in [4.78, 5) is 22.8. The second kappa shape index (κ2) is 7.87. The Morgan fingerprint density at radius 1 is 1.27 bits per heavy atom. The van der Waals surface area contributed by atoms with Gasteiger partial charge < -0.3 is 15.2 Å². The summed E-state index contributed by atoms with van der Waals surface area (Å²) >= 11 is 0. The summed E-state index contributed by atoms with van der Waals surface area (Å²) in [6.45, 7) is 0. The number of ether oxygens (including phenoxy) is 1. The topological polar surface area (TPSA) is 130 Å².